The summed E-state index contributed by atoms with van der Waals surface area (Å²) in [6, 6.07) is 8.40. The number of hydrogen-bond donors (Lipinski definition) is 2. The SMILES string of the molecule is CCNC(=NCc1csc(CC)n1)NC1CC(C)(C)Oc2ccccc21.I. The van der Waals surface area contributed by atoms with Gasteiger partial charge in [0, 0.05) is 23.9 Å². The zero-order valence-electron chi connectivity index (χ0n) is 16.4. The number of benzene rings is 1. The van der Waals surface area contributed by atoms with E-state index in [9.17, 15) is 0 Å². The van der Waals surface area contributed by atoms with E-state index in [2.05, 4.69) is 60.8 Å². The van der Waals surface area contributed by atoms with Crippen molar-refractivity contribution >= 4 is 41.3 Å². The van der Waals surface area contributed by atoms with E-state index in [1.54, 1.807) is 11.3 Å². The van der Waals surface area contributed by atoms with E-state index in [1.807, 2.05) is 12.1 Å². The molecular formula is C20H29IN4OS. The van der Waals surface area contributed by atoms with Crippen LogP contribution in [0.1, 0.15) is 56.4 Å². The maximum Gasteiger partial charge on any atom is 0.192 e. The van der Waals surface area contributed by atoms with Crippen LogP contribution in [0.3, 0.4) is 0 Å². The zero-order chi connectivity index (χ0) is 18.6. The lowest BCUT2D eigenvalue weighted by Gasteiger charge is -2.38. The van der Waals surface area contributed by atoms with E-state index in [0.29, 0.717) is 6.54 Å². The van der Waals surface area contributed by atoms with Crippen molar-refractivity contribution in [3.8, 4) is 5.75 Å². The average Bonchev–Trinajstić information content (AvgIpc) is 3.07. The third-order valence-electron chi connectivity index (χ3n) is 4.33. The van der Waals surface area contributed by atoms with Crippen LogP contribution in [0.15, 0.2) is 34.6 Å². The molecule has 5 nitrogen and oxygen atoms in total. The van der Waals surface area contributed by atoms with Gasteiger partial charge in [0.1, 0.15) is 11.4 Å². The lowest BCUT2D eigenvalue weighted by molar-refractivity contribution is 0.0694. The molecule has 27 heavy (non-hydrogen) atoms. The molecule has 3 rings (SSSR count). The molecule has 1 aromatic heterocycles. The summed E-state index contributed by atoms with van der Waals surface area (Å²) in [5.74, 6) is 1.76. The summed E-state index contributed by atoms with van der Waals surface area (Å²) < 4.78 is 6.13. The van der Waals surface area contributed by atoms with Gasteiger partial charge in [-0.1, -0.05) is 25.1 Å². The van der Waals surface area contributed by atoms with Gasteiger partial charge in [-0.05, 0) is 33.3 Å². The van der Waals surface area contributed by atoms with E-state index in [4.69, 9.17) is 9.73 Å². The monoisotopic (exact) mass is 500 g/mol. The first-order valence-electron chi connectivity index (χ1n) is 9.27. The van der Waals surface area contributed by atoms with Gasteiger partial charge in [0.2, 0.25) is 0 Å². The Hall–Kier alpha value is -1.35. The first-order valence-corrected chi connectivity index (χ1v) is 10.1. The second-order valence-electron chi connectivity index (χ2n) is 7.08. The molecule has 0 amide bonds. The highest BCUT2D eigenvalue weighted by molar-refractivity contribution is 14.0. The van der Waals surface area contributed by atoms with Gasteiger partial charge in [-0.15, -0.1) is 35.3 Å². The molecule has 0 saturated heterocycles. The van der Waals surface area contributed by atoms with Crippen LogP contribution in [-0.2, 0) is 13.0 Å². The number of halogens is 1. The number of thiazole rings is 1. The summed E-state index contributed by atoms with van der Waals surface area (Å²) in [7, 11) is 0. The fourth-order valence-electron chi connectivity index (χ4n) is 3.16. The van der Waals surface area contributed by atoms with Gasteiger partial charge in [0.05, 0.1) is 23.3 Å². The number of aliphatic imine (C=N–C) groups is 1. The van der Waals surface area contributed by atoms with Crippen molar-refractivity contribution in [2.45, 2.75) is 58.7 Å². The molecule has 1 unspecified atom stereocenters. The standard InChI is InChI=1S/C20H28N4OS.HI/c1-5-18-23-14(13-26-18)12-22-19(21-6-2)24-16-11-20(3,4)25-17-10-8-7-9-15(16)17;/h7-10,13,16H,5-6,11-12H2,1-4H3,(H2,21,22,24);1H. The number of hydrogen-bond acceptors (Lipinski definition) is 4. The third kappa shape index (κ3) is 5.81. The highest BCUT2D eigenvalue weighted by Gasteiger charge is 2.33. The van der Waals surface area contributed by atoms with E-state index in [0.717, 1.165) is 41.8 Å². The fourth-order valence-corrected chi connectivity index (χ4v) is 3.90. The number of fused-ring (bicyclic) bond motifs is 1. The summed E-state index contributed by atoms with van der Waals surface area (Å²) >= 11 is 1.70. The predicted octanol–water partition coefficient (Wildman–Crippen LogP) is 4.68. The number of aromatic nitrogens is 1. The molecule has 7 heteroatoms. The van der Waals surface area contributed by atoms with Crippen LogP contribution in [-0.4, -0.2) is 23.1 Å². The minimum atomic E-state index is -0.214. The van der Waals surface area contributed by atoms with Crippen molar-refractivity contribution in [1.82, 2.24) is 15.6 Å². The topological polar surface area (TPSA) is 58.5 Å². The van der Waals surface area contributed by atoms with E-state index in [1.165, 1.54) is 5.56 Å². The first kappa shape index (κ1) is 21.9. The molecule has 148 valence electrons. The van der Waals surface area contributed by atoms with Crippen molar-refractivity contribution in [1.29, 1.82) is 0 Å². The van der Waals surface area contributed by atoms with Crippen LogP contribution in [0.4, 0.5) is 0 Å². The Balaban J connectivity index is 0.00000261. The maximum atomic E-state index is 6.13. The van der Waals surface area contributed by atoms with Gasteiger partial charge in [0.25, 0.3) is 0 Å². The highest BCUT2D eigenvalue weighted by atomic mass is 127. The van der Waals surface area contributed by atoms with E-state index < -0.39 is 0 Å². The molecule has 0 aliphatic carbocycles. The molecule has 1 aromatic carbocycles. The number of nitrogens with zero attached hydrogens (tertiary/aromatic N) is 2. The van der Waals surface area contributed by atoms with Gasteiger partial charge in [0.15, 0.2) is 5.96 Å². The Morgan fingerprint density at radius 3 is 2.81 bits per heavy atom. The fraction of sp³-hybridized carbons (Fsp3) is 0.500. The van der Waals surface area contributed by atoms with Crippen LogP contribution >= 0.6 is 35.3 Å². The second-order valence-corrected chi connectivity index (χ2v) is 8.02. The number of guanidine groups is 1. The molecule has 0 spiro atoms. The Morgan fingerprint density at radius 1 is 1.33 bits per heavy atom. The van der Waals surface area contributed by atoms with Crippen molar-refractivity contribution < 1.29 is 4.74 Å². The van der Waals surface area contributed by atoms with Crippen molar-refractivity contribution in [3.63, 3.8) is 0 Å². The molecule has 1 aliphatic rings. The number of nitrogens with one attached hydrogen (secondary N) is 2. The Labute approximate surface area is 183 Å². The molecule has 2 aromatic rings. The van der Waals surface area contributed by atoms with Crippen LogP contribution in [0, 0.1) is 0 Å². The summed E-state index contributed by atoms with van der Waals surface area (Å²) in [4.78, 5) is 9.35. The van der Waals surface area contributed by atoms with Gasteiger partial charge >= 0.3 is 0 Å². The molecule has 0 fully saturated rings. The Bertz CT molecular complexity index is 775. The minimum absolute atomic E-state index is 0. The van der Waals surface area contributed by atoms with Crippen molar-refractivity contribution in [2.24, 2.45) is 4.99 Å². The molecule has 1 atom stereocenters. The summed E-state index contributed by atoms with van der Waals surface area (Å²) in [5, 5.41) is 10.2. The van der Waals surface area contributed by atoms with Crippen molar-refractivity contribution in [2.75, 3.05) is 6.54 Å². The average molecular weight is 500 g/mol. The first-order chi connectivity index (χ1) is 12.5. The molecule has 0 radical (unpaired) electrons. The van der Waals surface area contributed by atoms with Crippen molar-refractivity contribution in [3.05, 3.63) is 45.9 Å². The second kappa shape index (κ2) is 9.73. The molecule has 2 N–H and O–H groups in total. The molecule has 0 bridgehead atoms. The maximum absolute atomic E-state index is 6.13. The number of ether oxygens (including phenoxy) is 1. The summed E-state index contributed by atoms with van der Waals surface area (Å²) in [6.45, 7) is 9.86. The highest BCUT2D eigenvalue weighted by Crippen LogP contribution is 2.39. The molecule has 2 heterocycles. The van der Waals surface area contributed by atoms with Crippen LogP contribution in [0.2, 0.25) is 0 Å². The van der Waals surface area contributed by atoms with Crippen LogP contribution < -0.4 is 15.4 Å². The molecule has 0 saturated carbocycles. The quantitative estimate of drug-likeness (QED) is 0.356. The normalized spacial score (nSPS) is 18.1. The van der Waals surface area contributed by atoms with Gasteiger partial charge in [-0.3, -0.25) is 0 Å². The Morgan fingerprint density at radius 2 is 2.11 bits per heavy atom. The smallest absolute Gasteiger partial charge is 0.192 e. The minimum Gasteiger partial charge on any atom is -0.487 e. The van der Waals surface area contributed by atoms with Crippen LogP contribution in [0.25, 0.3) is 0 Å². The number of rotatable bonds is 5. The largest absolute Gasteiger partial charge is 0.487 e. The van der Waals surface area contributed by atoms with E-state index >= 15 is 0 Å². The van der Waals surface area contributed by atoms with Gasteiger partial charge < -0.3 is 15.4 Å². The summed E-state index contributed by atoms with van der Waals surface area (Å²) in [6.07, 6.45) is 1.85. The molecular weight excluding hydrogens is 471 g/mol. The van der Waals surface area contributed by atoms with Gasteiger partial charge in [-0.25, -0.2) is 9.98 Å². The lowest BCUT2D eigenvalue weighted by atomic mass is 9.90. The number of para-hydroxylation sites is 1. The van der Waals surface area contributed by atoms with E-state index in [-0.39, 0.29) is 35.6 Å². The molecule has 1 aliphatic heterocycles. The number of aryl methyl sites for hydroxylation is 1. The van der Waals surface area contributed by atoms with Gasteiger partial charge in [-0.2, -0.15) is 0 Å². The third-order valence-corrected chi connectivity index (χ3v) is 5.37. The predicted molar refractivity (Wildman–Crippen MR) is 123 cm³/mol. The van der Waals surface area contributed by atoms with Crippen LogP contribution in [0.5, 0.6) is 5.75 Å². The zero-order valence-corrected chi connectivity index (χ0v) is 19.6. The Kier molecular flexibility index (Phi) is 7.91. The summed E-state index contributed by atoms with van der Waals surface area (Å²) in [5.41, 5.74) is 1.99. The lowest BCUT2D eigenvalue weighted by Crippen LogP contribution is -2.45.